The second kappa shape index (κ2) is 8.28. The number of likely N-dealkylation sites (tertiary alicyclic amines) is 1. The minimum Gasteiger partial charge on any atom is -0.334 e. The monoisotopic (exact) mass is 413 g/mol. The SMILES string of the molecule is O=C1S/C(=C/c2cccs2)C(=O)N1CC(=O)N1CCCC[C@H]1c1cccnc1. The van der Waals surface area contributed by atoms with Crippen LogP contribution in [0.2, 0.25) is 0 Å². The van der Waals surface area contributed by atoms with Crippen molar-refractivity contribution in [2.45, 2.75) is 25.3 Å². The number of piperidine rings is 1. The summed E-state index contributed by atoms with van der Waals surface area (Å²) in [5, 5.41) is 1.52. The molecule has 2 aromatic rings. The molecule has 0 aliphatic carbocycles. The lowest BCUT2D eigenvalue weighted by Gasteiger charge is -2.36. The predicted molar refractivity (Wildman–Crippen MR) is 110 cm³/mol. The van der Waals surface area contributed by atoms with Gasteiger partial charge in [0.05, 0.1) is 10.9 Å². The molecule has 6 nitrogen and oxygen atoms in total. The van der Waals surface area contributed by atoms with Crippen molar-refractivity contribution in [2.24, 2.45) is 0 Å². The van der Waals surface area contributed by atoms with E-state index >= 15 is 0 Å². The summed E-state index contributed by atoms with van der Waals surface area (Å²) < 4.78 is 0. The lowest BCUT2D eigenvalue weighted by atomic mass is 9.96. The molecule has 0 aromatic carbocycles. The van der Waals surface area contributed by atoms with Crippen LogP contribution in [0.15, 0.2) is 46.9 Å². The maximum atomic E-state index is 13.0. The van der Waals surface area contributed by atoms with Crippen molar-refractivity contribution in [1.29, 1.82) is 0 Å². The van der Waals surface area contributed by atoms with E-state index in [0.717, 1.165) is 46.4 Å². The number of carbonyl (C=O) groups excluding carboxylic acids is 3. The Balaban J connectivity index is 1.49. The van der Waals surface area contributed by atoms with Crippen molar-refractivity contribution in [3.63, 3.8) is 0 Å². The van der Waals surface area contributed by atoms with Crippen molar-refractivity contribution in [1.82, 2.24) is 14.8 Å². The molecule has 28 heavy (non-hydrogen) atoms. The van der Waals surface area contributed by atoms with Crippen LogP contribution in [0.25, 0.3) is 6.08 Å². The minimum absolute atomic E-state index is 0.0588. The third-order valence-electron chi connectivity index (χ3n) is 4.88. The molecule has 2 saturated heterocycles. The number of nitrogens with zero attached hydrogens (tertiary/aromatic N) is 3. The van der Waals surface area contributed by atoms with Crippen LogP contribution in [0.5, 0.6) is 0 Å². The quantitative estimate of drug-likeness (QED) is 0.710. The van der Waals surface area contributed by atoms with Gasteiger partial charge in [-0.2, -0.15) is 0 Å². The molecule has 0 saturated carbocycles. The number of thioether (sulfide) groups is 1. The van der Waals surface area contributed by atoms with Crippen molar-refractivity contribution < 1.29 is 14.4 Å². The normalized spacial score (nSPS) is 21.6. The molecule has 0 bridgehead atoms. The van der Waals surface area contributed by atoms with Crippen LogP contribution in [0.3, 0.4) is 0 Å². The van der Waals surface area contributed by atoms with E-state index in [1.807, 2.05) is 29.6 Å². The van der Waals surface area contributed by atoms with E-state index in [1.165, 1.54) is 11.3 Å². The molecule has 2 aromatic heterocycles. The second-order valence-electron chi connectivity index (χ2n) is 6.67. The lowest BCUT2D eigenvalue weighted by Crippen LogP contribution is -2.45. The molecular weight excluding hydrogens is 394 g/mol. The summed E-state index contributed by atoms with van der Waals surface area (Å²) in [7, 11) is 0. The summed E-state index contributed by atoms with van der Waals surface area (Å²) in [5.41, 5.74) is 0.988. The fraction of sp³-hybridized carbons (Fsp3) is 0.300. The number of amides is 3. The number of hydrogen-bond donors (Lipinski definition) is 0. The van der Waals surface area contributed by atoms with E-state index < -0.39 is 11.1 Å². The van der Waals surface area contributed by atoms with Gasteiger partial charge in [-0.1, -0.05) is 12.1 Å². The Hall–Kier alpha value is -2.45. The number of rotatable bonds is 4. The fourth-order valence-electron chi connectivity index (χ4n) is 3.51. The van der Waals surface area contributed by atoms with Crippen LogP contribution >= 0.6 is 23.1 Å². The lowest BCUT2D eigenvalue weighted by molar-refractivity contribution is -0.138. The molecule has 3 amide bonds. The summed E-state index contributed by atoms with van der Waals surface area (Å²) in [6, 6.07) is 7.54. The molecule has 0 unspecified atom stereocenters. The van der Waals surface area contributed by atoms with Gasteiger partial charge in [-0.15, -0.1) is 11.3 Å². The zero-order chi connectivity index (χ0) is 19.5. The maximum Gasteiger partial charge on any atom is 0.294 e. The molecule has 2 fully saturated rings. The van der Waals surface area contributed by atoms with Crippen molar-refractivity contribution in [3.05, 3.63) is 57.4 Å². The zero-order valence-corrected chi connectivity index (χ0v) is 16.7. The molecule has 8 heteroatoms. The number of carbonyl (C=O) groups is 3. The Labute approximate surface area is 171 Å². The van der Waals surface area contributed by atoms with Gasteiger partial charge in [0.25, 0.3) is 11.1 Å². The molecule has 2 aliphatic rings. The first-order valence-electron chi connectivity index (χ1n) is 9.12. The minimum atomic E-state index is -0.397. The van der Waals surface area contributed by atoms with Crippen LogP contribution in [-0.2, 0) is 9.59 Å². The molecule has 144 valence electrons. The van der Waals surface area contributed by atoms with Gasteiger partial charge in [-0.3, -0.25) is 24.3 Å². The number of thiophene rings is 1. The number of imide groups is 1. The van der Waals surface area contributed by atoms with E-state index in [-0.39, 0.29) is 18.5 Å². The average Bonchev–Trinajstić information content (AvgIpc) is 3.33. The Morgan fingerprint density at radius 2 is 2.14 bits per heavy atom. The van der Waals surface area contributed by atoms with Gasteiger partial charge in [0.15, 0.2) is 0 Å². The van der Waals surface area contributed by atoms with Gasteiger partial charge in [-0.25, -0.2) is 0 Å². The smallest absolute Gasteiger partial charge is 0.294 e. The van der Waals surface area contributed by atoms with E-state index in [1.54, 1.807) is 23.4 Å². The third kappa shape index (κ3) is 3.88. The summed E-state index contributed by atoms with van der Waals surface area (Å²) in [6.45, 7) is 0.406. The Bertz CT molecular complexity index is 912. The van der Waals surface area contributed by atoms with Crippen molar-refractivity contribution in [3.8, 4) is 0 Å². The topological polar surface area (TPSA) is 70.6 Å². The van der Waals surface area contributed by atoms with Gasteiger partial charge in [0.2, 0.25) is 5.91 Å². The van der Waals surface area contributed by atoms with Gasteiger partial charge in [0, 0.05) is 23.8 Å². The molecule has 4 rings (SSSR count). The molecule has 0 spiro atoms. The molecule has 2 aliphatic heterocycles. The number of aromatic nitrogens is 1. The summed E-state index contributed by atoms with van der Waals surface area (Å²) in [5.74, 6) is -0.597. The Morgan fingerprint density at radius 3 is 2.89 bits per heavy atom. The highest BCUT2D eigenvalue weighted by atomic mass is 32.2. The molecular formula is C20H19N3O3S2. The molecule has 4 heterocycles. The summed E-state index contributed by atoms with van der Waals surface area (Å²) in [6.07, 6.45) is 8.01. The highest BCUT2D eigenvalue weighted by Crippen LogP contribution is 2.34. The third-order valence-corrected chi connectivity index (χ3v) is 6.60. The van der Waals surface area contributed by atoms with Crippen LogP contribution in [0, 0.1) is 0 Å². The molecule has 0 N–H and O–H groups in total. The Kier molecular flexibility index (Phi) is 5.59. The number of pyridine rings is 1. The van der Waals surface area contributed by atoms with Gasteiger partial charge >= 0.3 is 0 Å². The van der Waals surface area contributed by atoms with E-state index in [2.05, 4.69) is 4.98 Å². The van der Waals surface area contributed by atoms with Crippen molar-refractivity contribution >= 4 is 46.2 Å². The summed E-state index contributed by atoms with van der Waals surface area (Å²) in [4.78, 5) is 46.3. The van der Waals surface area contributed by atoms with Gasteiger partial charge in [-0.05, 0) is 60.2 Å². The van der Waals surface area contributed by atoms with Crippen LogP contribution in [0.1, 0.15) is 35.7 Å². The standard InChI is InChI=1S/C20H19N3O3S2/c24-18(22-9-2-1-7-16(22)14-5-3-8-21-12-14)13-23-19(25)17(28-20(23)26)11-15-6-4-10-27-15/h3-6,8,10-12,16H,1-2,7,9,13H2/b17-11+/t16-/m0/s1. The van der Waals surface area contributed by atoms with Crippen LogP contribution < -0.4 is 0 Å². The highest BCUT2D eigenvalue weighted by Gasteiger charge is 2.38. The van der Waals surface area contributed by atoms with E-state index in [0.29, 0.717) is 11.4 Å². The number of hydrogen-bond acceptors (Lipinski definition) is 6. The van der Waals surface area contributed by atoms with E-state index in [9.17, 15) is 14.4 Å². The first kappa shape index (κ1) is 18.9. The average molecular weight is 414 g/mol. The van der Waals surface area contributed by atoms with Gasteiger partial charge < -0.3 is 4.90 Å². The van der Waals surface area contributed by atoms with E-state index in [4.69, 9.17) is 0 Å². The maximum absolute atomic E-state index is 13.0. The summed E-state index contributed by atoms with van der Waals surface area (Å²) >= 11 is 2.39. The van der Waals surface area contributed by atoms with Crippen LogP contribution in [-0.4, -0.2) is 44.9 Å². The first-order chi connectivity index (χ1) is 13.6. The zero-order valence-electron chi connectivity index (χ0n) is 15.1. The Morgan fingerprint density at radius 1 is 1.25 bits per heavy atom. The highest BCUT2D eigenvalue weighted by molar-refractivity contribution is 8.18. The molecule has 0 radical (unpaired) electrons. The second-order valence-corrected chi connectivity index (χ2v) is 8.64. The van der Waals surface area contributed by atoms with Crippen LogP contribution in [0.4, 0.5) is 4.79 Å². The fourth-order valence-corrected chi connectivity index (χ4v) is 5.08. The van der Waals surface area contributed by atoms with Gasteiger partial charge in [0.1, 0.15) is 6.54 Å². The predicted octanol–water partition coefficient (Wildman–Crippen LogP) is 3.93. The molecule has 1 atom stereocenters. The van der Waals surface area contributed by atoms with Crippen molar-refractivity contribution in [2.75, 3.05) is 13.1 Å². The first-order valence-corrected chi connectivity index (χ1v) is 10.8. The largest absolute Gasteiger partial charge is 0.334 e.